The summed E-state index contributed by atoms with van der Waals surface area (Å²) < 4.78 is 5.63. The number of amides is 1. The number of esters is 1. The predicted molar refractivity (Wildman–Crippen MR) is 121 cm³/mol. The summed E-state index contributed by atoms with van der Waals surface area (Å²) in [5, 5.41) is 4.83. The van der Waals surface area contributed by atoms with E-state index in [1.807, 2.05) is 30.3 Å². The van der Waals surface area contributed by atoms with Crippen molar-refractivity contribution in [2.75, 3.05) is 6.54 Å². The number of hydrogen-bond donors (Lipinski definition) is 1. The van der Waals surface area contributed by atoms with E-state index in [4.69, 9.17) is 4.74 Å². The topological polar surface area (TPSA) is 55.4 Å². The summed E-state index contributed by atoms with van der Waals surface area (Å²) in [6.07, 6.45) is 6.98. The second-order valence-corrected chi connectivity index (χ2v) is 7.47. The molecule has 0 bridgehead atoms. The quantitative estimate of drug-likeness (QED) is 0.251. The fourth-order valence-corrected chi connectivity index (χ4v) is 3.42. The summed E-state index contributed by atoms with van der Waals surface area (Å²) in [4.78, 5) is 25.4. The normalized spacial score (nSPS) is 10.7. The van der Waals surface area contributed by atoms with Gasteiger partial charge in [-0.15, -0.1) is 0 Å². The first kappa shape index (κ1) is 21.6. The molecule has 0 heterocycles. The molecular weight excluding hydrogens is 374 g/mol. The van der Waals surface area contributed by atoms with Gasteiger partial charge in [0, 0.05) is 6.54 Å². The van der Waals surface area contributed by atoms with Crippen molar-refractivity contribution in [3.8, 4) is 5.75 Å². The van der Waals surface area contributed by atoms with Gasteiger partial charge in [-0.1, -0.05) is 81.5 Å². The maximum atomic E-state index is 12.9. The molecule has 0 aliphatic carbocycles. The van der Waals surface area contributed by atoms with Crippen LogP contribution in [0.1, 0.15) is 66.2 Å². The average molecular weight is 404 g/mol. The molecule has 0 aliphatic rings. The lowest BCUT2D eigenvalue weighted by atomic mass is 10.0. The second-order valence-electron chi connectivity index (χ2n) is 7.47. The van der Waals surface area contributed by atoms with E-state index in [-0.39, 0.29) is 11.7 Å². The minimum Gasteiger partial charge on any atom is -0.422 e. The smallest absolute Gasteiger partial charge is 0.343 e. The summed E-state index contributed by atoms with van der Waals surface area (Å²) in [5.41, 5.74) is 0.827. The van der Waals surface area contributed by atoms with Crippen LogP contribution in [0.4, 0.5) is 0 Å². The van der Waals surface area contributed by atoms with E-state index in [2.05, 4.69) is 12.2 Å². The first-order valence-electron chi connectivity index (χ1n) is 10.8. The van der Waals surface area contributed by atoms with Crippen LogP contribution < -0.4 is 10.1 Å². The fourth-order valence-electron chi connectivity index (χ4n) is 3.42. The van der Waals surface area contributed by atoms with Crippen LogP contribution >= 0.6 is 0 Å². The van der Waals surface area contributed by atoms with E-state index < -0.39 is 5.97 Å². The Labute approximate surface area is 178 Å². The predicted octanol–water partition coefficient (Wildman–Crippen LogP) is 6.15. The highest BCUT2D eigenvalue weighted by molar-refractivity contribution is 6.03. The van der Waals surface area contributed by atoms with Crippen molar-refractivity contribution in [1.82, 2.24) is 5.32 Å². The van der Waals surface area contributed by atoms with Gasteiger partial charge in [0.15, 0.2) is 0 Å². The first-order valence-corrected chi connectivity index (χ1v) is 10.8. The molecule has 1 N–H and O–H groups in total. The Kier molecular flexibility index (Phi) is 8.02. The van der Waals surface area contributed by atoms with Crippen LogP contribution in [-0.2, 0) is 0 Å². The molecule has 0 unspecified atom stereocenters. The van der Waals surface area contributed by atoms with Gasteiger partial charge in [-0.2, -0.15) is 0 Å². The molecular formula is C26H29NO3. The molecule has 3 aromatic carbocycles. The van der Waals surface area contributed by atoms with Crippen molar-refractivity contribution in [3.63, 3.8) is 0 Å². The summed E-state index contributed by atoms with van der Waals surface area (Å²) in [7, 11) is 0. The standard InChI is InChI=1S/C26H29NO3/c1-2-3-4-5-6-12-17-27-25(28)23-18-21-15-10-11-16-22(21)19-24(23)30-26(29)20-13-8-7-9-14-20/h7-11,13-16,18-19H,2-6,12,17H2,1H3,(H,27,28). The molecule has 0 aliphatic heterocycles. The minimum absolute atomic E-state index is 0.217. The number of fused-ring (bicyclic) bond motifs is 1. The number of unbranched alkanes of at least 4 members (excludes halogenated alkanes) is 5. The highest BCUT2D eigenvalue weighted by atomic mass is 16.5. The molecule has 1 amide bonds. The van der Waals surface area contributed by atoms with Crippen molar-refractivity contribution in [1.29, 1.82) is 0 Å². The molecule has 0 saturated carbocycles. The molecule has 3 aromatic rings. The van der Waals surface area contributed by atoms with Crippen molar-refractivity contribution in [3.05, 3.63) is 77.9 Å². The molecule has 156 valence electrons. The molecule has 4 heteroatoms. The maximum Gasteiger partial charge on any atom is 0.343 e. The summed E-state index contributed by atoms with van der Waals surface area (Å²) in [5.74, 6) is -0.413. The number of carbonyl (C=O) groups excluding carboxylic acids is 2. The van der Waals surface area contributed by atoms with Crippen LogP contribution in [-0.4, -0.2) is 18.4 Å². The zero-order valence-corrected chi connectivity index (χ0v) is 17.5. The summed E-state index contributed by atoms with van der Waals surface area (Å²) >= 11 is 0. The highest BCUT2D eigenvalue weighted by Gasteiger charge is 2.17. The third kappa shape index (κ3) is 5.93. The SMILES string of the molecule is CCCCCCCCNC(=O)c1cc2ccccc2cc1OC(=O)c1ccccc1. The number of benzene rings is 3. The Morgan fingerprint density at radius 1 is 0.800 bits per heavy atom. The van der Waals surface area contributed by atoms with Gasteiger partial charge in [0.05, 0.1) is 11.1 Å². The van der Waals surface area contributed by atoms with Gasteiger partial charge < -0.3 is 10.1 Å². The first-order chi connectivity index (χ1) is 14.7. The number of nitrogens with one attached hydrogen (secondary N) is 1. The van der Waals surface area contributed by atoms with Gasteiger partial charge in [-0.3, -0.25) is 4.79 Å². The summed E-state index contributed by atoms with van der Waals surface area (Å²) in [6, 6.07) is 20.1. The number of carbonyl (C=O) groups is 2. The van der Waals surface area contributed by atoms with Crippen LogP contribution in [0.2, 0.25) is 0 Å². The second kappa shape index (κ2) is 11.1. The van der Waals surface area contributed by atoms with E-state index in [9.17, 15) is 9.59 Å². The van der Waals surface area contributed by atoms with E-state index >= 15 is 0 Å². The summed E-state index contributed by atoms with van der Waals surface area (Å²) in [6.45, 7) is 2.82. The van der Waals surface area contributed by atoms with E-state index in [1.165, 1.54) is 25.7 Å². The van der Waals surface area contributed by atoms with E-state index in [1.54, 1.807) is 36.4 Å². The van der Waals surface area contributed by atoms with Gasteiger partial charge in [0.1, 0.15) is 5.75 Å². The Morgan fingerprint density at radius 3 is 2.17 bits per heavy atom. The zero-order valence-electron chi connectivity index (χ0n) is 17.5. The number of hydrogen-bond acceptors (Lipinski definition) is 3. The molecule has 3 rings (SSSR count). The molecule has 30 heavy (non-hydrogen) atoms. The number of rotatable bonds is 10. The molecule has 0 atom stereocenters. The Bertz CT molecular complexity index is 982. The Balaban J connectivity index is 1.72. The lowest BCUT2D eigenvalue weighted by molar-refractivity contribution is 0.0732. The molecule has 0 radical (unpaired) electrons. The van der Waals surface area contributed by atoms with Crippen molar-refractivity contribution >= 4 is 22.6 Å². The third-order valence-electron chi connectivity index (χ3n) is 5.12. The Hall–Kier alpha value is -3.14. The molecule has 4 nitrogen and oxygen atoms in total. The lowest BCUT2D eigenvalue weighted by Gasteiger charge is -2.12. The zero-order chi connectivity index (χ0) is 21.2. The average Bonchev–Trinajstić information content (AvgIpc) is 2.78. The molecule has 0 fully saturated rings. The van der Waals surface area contributed by atoms with Crippen molar-refractivity contribution < 1.29 is 14.3 Å². The molecule has 0 aromatic heterocycles. The monoisotopic (exact) mass is 403 g/mol. The highest BCUT2D eigenvalue weighted by Crippen LogP contribution is 2.27. The van der Waals surface area contributed by atoms with Crippen LogP contribution in [0.15, 0.2) is 66.7 Å². The maximum absolute atomic E-state index is 12.9. The minimum atomic E-state index is -0.476. The van der Waals surface area contributed by atoms with Crippen LogP contribution in [0.3, 0.4) is 0 Å². The third-order valence-corrected chi connectivity index (χ3v) is 5.12. The van der Waals surface area contributed by atoms with Gasteiger partial charge in [-0.05, 0) is 41.5 Å². The van der Waals surface area contributed by atoms with Crippen LogP contribution in [0, 0.1) is 0 Å². The van der Waals surface area contributed by atoms with Crippen LogP contribution in [0.25, 0.3) is 10.8 Å². The van der Waals surface area contributed by atoms with Crippen molar-refractivity contribution in [2.24, 2.45) is 0 Å². The number of ether oxygens (including phenoxy) is 1. The fraction of sp³-hybridized carbons (Fsp3) is 0.308. The van der Waals surface area contributed by atoms with Crippen molar-refractivity contribution in [2.45, 2.75) is 45.4 Å². The van der Waals surface area contributed by atoms with E-state index in [0.717, 1.165) is 23.6 Å². The molecule has 0 spiro atoms. The molecule has 0 saturated heterocycles. The lowest BCUT2D eigenvalue weighted by Crippen LogP contribution is -2.25. The van der Waals surface area contributed by atoms with Gasteiger partial charge in [-0.25, -0.2) is 4.79 Å². The largest absolute Gasteiger partial charge is 0.422 e. The Morgan fingerprint density at radius 2 is 1.43 bits per heavy atom. The van der Waals surface area contributed by atoms with Gasteiger partial charge in [0.2, 0.25) is 0 Å². The van der Waals surface area contributed by atoms with E-state index in [0.29, 0.717) is 17.7 Å². The van der Waals surface area contributed by atoms with Gasteiger partial charge >= 0.3 is 5.97 Å². The van der Waals surface area contributed by atoms with Crippen LogP contribution in [0.5, 0.6) is 5.75 Å². The van der Waals surface area contributed by atoms with Gasteiger partial charge in [0.25, 0.3) is 5.91 Å².